The van der Waals surface area contributed by atoms with E-state index in [1.807, 2.05) is 0 Å². The molecule has 0 unspecified atom stereocenters. The largest absolute Gasteiger partial charge is 0.416 e. The fourth-order valence-electron chi connectivity index (χ4n) is 1.74. The first-order valence-corrected chi connectivity index (χ1v) is 6.83. The van der Waals surface area contributed by atoms with Crippen LogP contribution in [0.3, 0.4) is 0 Å². The monoisotopic (exact) mass is 377 g/mol. The summed E-state index contributed by atoms with van der Waals surface area (Å²) in [7, 11) is 0. The van der Waals surface area contributed by atoms with E-state index in [9.17, 15) is 18.0 Å². The minimum atomic E-state index is -4.53. The van der Waals surface area contributed by atoms with Crippen molar-refractivity contribution in [3.8, 4) is 0 Å². The predicted octanol–water partition coefficient (Wildman–Crippen LogP) is 4.93. The van der Waals surface area contributed by atoms with Gasteiger partial charge in [-0.3, -0.25) is 4.79 Å². The Kier molecular flexibility index (Phi) is 4.30. The Bertz CT molecular complexity index is 716. The molecule has 0 spiro atoms. The maximum Gasteiger partial charge on any atom is 0.416 e. The summed E-state index contributed by atoms with van der Waals surface area (Å²) in [4.78, 5) is 12.4. The minimum Gasteiger partial charge on any atom is -0.399 e. The average Bonchev–Trinajstić information content (AvgIpc) is 2.37. The number of nitrogen functional groups attached to an aromatic ring is 1. The zero-order valence-electron chi connectivity index (χ0n) is 10.3. The van der Waals surface area contributed by atoms with Gasteiger partial charge < -0.3 is 5.73 Å². The number of nitrogens with two attached hydrogens (primary N) is 1. The summed E-state index contributed by atoms with van der Waals surface area (Å²) in [6.45, 7) is 0. The van der Waals surface area contributed by atoms with Crippen LogP contribution in [0.1, 0.15) is 21.5 Å². The number of alkyl halides is 3. The molecular formula is C14H8BrClF3NO. The molecule has 2 aromatic rings. The second-order valence-electron chi connectivity index (χ2n) is 4.26. The molecule has 0 fully saturated rings. The van der Waals surface area contributed by atoms with E-state index in [1.165, 1.54) is 24.3 Å². The van der Waals surface area contributed by atoms with Crippen molar-refractivity contribution in [1.29, 1.82) is 0 Å². The molecular weight excluding hydrogens is 371 g/mol. The lowest BCUT2D eigenvalue weighted by atomic mass is 10.0. The van der Waals surface area contributed by atoms with E-state index >= 15 is 0 Å². The normalized spacial score (nSPS) is 11.5. The first-order chi connectivity index (χ1) is 9.70. The topological polar surface area (TPSA) is 43.1 Å². The molecule has 0 aliphatic heterocycles. The van der Waals surface area contributed by atoms with Crippen molar-refractivity contribution in [2.24, 2.45) is 0 Å². The van der Waals surface area contributed by atoms with Crippen LogP contribution in [-0.2, 0) is 6.18 Å². The van der Waals surface area contributed by atoms with Crippen LogP contribution in [0.15, 0.2) is 40.9 Å². The number of benzene rings is 2. The van der Waals surface area contributed by atoms with Gasteiger partial charge in [-0.1, -0.05) is 27.5 Å². The molecule has 2 rings (SSSR count). The molecule has 7 heteroatoms. The number of ketones is 1. The lowest BCUT2D eigenvalue weighted by molar-refractivity contribution is -0.137. The van der Waals surface area contributed by atoms with Gasteiger partial charge in [0, 0.05) is 21.3 Å². The molecule has 2 nitrogen and oxygen atoms in total. The highest BCUT2D eigenvalue weighted by Crippen LogP contribution is 2.33. The molecule has 2 N–H and O–H groups in total. The van der Waals surface area contributed by atoms with Gasteiger partial charge in [-0.2, -0.15) is 13.2 Å². The zero-order valence-corrected chi connectivity index (χ0v) is 12.7. The second kappa shape index (κ2) is 5.69. The zero-order chi connectivity index (χ0) is 15.8. The molecule has 0 bridgehead atoms. The Morgan fingerprint density at radius 3 is 2.33 bits per heavy atom. The summed E-state index contributed by atoms with van der Waals surface area (Å²) >= 11 is 9.00. The number of halogens is 5. The Morgan fingerprint density at radius 2 is 1.76 bits per heavy atom. The highest BCUT2D eigenvalue weighted by atomic mass is 79.9. The number of anilines is 1. The van der Waals surface area contributed by atoms with E-state index in [2.05, 4.69) is 15.9 Å². The molecule has 0 heterocycles. The van der Waals surface area contributed by atoms with Gasteiger partial charge in [0.2, 0.25) is 0 Å². The maximum absolute atomic E-state index is 12.7. The van der Waals surface area contributed by atoms with E-state index in [0.29, 0.717) is 5.69 Å². The van der Waals surface area contributed by atoms with Gasteiger partial charge in [-0.15, -0.1) is 0 Å². The number of carbonyl (C=O) groups excluding carboxylic acids is 1. The fourth-order valence-corrected chi connectivity index (χ4v) is 2.44. The van der Waals surface area contributed by atoms with E-state index in [1.54, 1.807) is 0 Å². The third-order valence-corrected chi connectivity index (χ3v) is 3.78. The standard InChI is InChI=1S/C14H8BrClF3NO/c15-11-4-1-7(14(17,18)19)5-10(11)13(21)9-3-2-8(20)6-12(9)16/h1-6H,20H2. The van der Waals surface area contributed by atoms with Crippen LogP contribution >= 0.6 is 27.5 Å². The molecule has 0 saturated carbocycles. The van der Waals surface area contributed by atoms with Gasteiger partial charge in [0.05, 0.1) is 10.6 Å². The van der Waals surface area contributed by atoms with Gasteiger partial charge >= 0.3 is 6.18 Å². The highest BCUT2D eigenvalue weighted by molar-refractivity contribution is 9.10. The van der Waals surface area contributed by atoms with Crippen LogP contribution in [0.25, 0.3) is 0 Å². The molecule has 0 amide bonds. The fraction of sp³-hybridized carbons (Fsp3) is 0.0714. The third-order valence-electron chi connectivity index (χ3n) is 2.78. The highest BCUT2D eigenvalue weighted by Gasteiger charge is 2.31. The summed E-state index contributed by atoms with van der Waals surface area (Å²) in [6.07, 6.45) is -4.53. The third kappa shape index (κ3) is 3.39. The van der Waals surface area contributed by atoms with E-state index in [4.69, 9.17) is 17.3 Å². The van der Waals surface area contributed by atoms with Crippen LogP contribution in [0.5, 0.6) is 0 Å². The summed E-state index contributed by atoms with van der Waals surface area (Å²) in [5, 5.41) is 0.0873. The van der Waals surface area contributed by atoms with E-state index in [0.717, 1.165) is 12.1 Å². The van der Waals surface area contributed by atoms with Crippen LogP contribution in [0.4, 0.5) is 18.9 Å². The molecule has 0 aromatic heterocycles. The minimum absolute atomic E-state index is 0.0873. The van der Waals surface area contributed by atoms with Crippen LogP contribution < -0.4 is 5.73 Å². The van der Waals surface area contributed by atoms with Crippen LogP contribution in [-0.4, -0.2) is 5.78 Å². The SMILES string of the molecule is Nc1ccc(C(=O)c2cc(C(F)(F)F)ccc2Br)c(Cl)c1. The summed E-state index contributed by atoms with van der Waals surface area (Å²) in [5.74, 6) is -0.613. The first-order valence-electron chi connectivity index (χ1n) is 5.66. The first kappa shape index (κ1) is 15.9. The molecule has 0 aliphatic carbocycles. The number of rotatable bonds is 2. The summed E-state index contributed by atoms with van der Waals surface area (Å²) in [6, 6.07) is 7.08. The molecule has 2 aromatic carbocycles. The average molecular weight is 379 g/mol. The molecule has 0 atom stereocenters. The predicted molar refractivity (Wildman–Crippen MR) is 78.4 cm³/mol. The van der Waals surface area contributed by atoms with Gasteiger partial charge in [-0.25, -0.2) is 0 Å². The van der Waals surface area contributed by atoms with Gasteiger partial charge in [0.15, 0.2) is 5.78 Å². The van der Waals surface area contributed by atoms with Crippen molar-refractivity contribution >= 4 is 39.0 Å². The smallest absolute Gasteiger partial charge is 0.399 e. The molecule has 110 valence electrons. The number of carbonyl (C=O) groups is 1. The van der Waals surface area contributed by atoms with E-state index < -0.39 is 17.5 Å². The number of hydrogen-bond donors (Lipinski definition) is 1. The van der Waals surface area contributed by atoms with Gasteiger partial charge in [0.25, 0.3) is 0 Å². The lowest BCUT2D eigenvalue weighted by Crippen LogP contribution is -2.09. The quantitative estimate of drug-likeness (QED) is 0.594. The van der Waals surface area contributed by atoms with Crippen LogP contribution in [0.2, 0.25) is 5.02 Å². The van der Waals surface area contributed by atoms with Crippen LogP contribution in [0, 0.1) is 0 Å². The molecule has 21 heavy (non-hydrogen) atoms. The summed E-state index contributed by atoms with van der Waals surface area (Å²) in [5.41, 5.74) is 4.96. The Balaban J connectivity index is 2.53. The number of hydrogen-bond acceptors (Lipinski definition) is 2. The van der Waals surface area contributed by atoms with Crippen molar-refractivity contribution in [3.05, 3.63) is 62.6 Å². The summed E-state index contributed by atoms with van der Waals surface area (Å²) < 4.78 is 38.4. The molecule has 0 aliphatic rings. The Labute approximate surface area is 131 Å². The van der Waals surface area contributed by atoms with Crippen molar-refractivity contribution < 1.29 is 18.0 Å². The van der Waals surface area contributed by atoms with Gasteiger partial charge in [0.1, 0.15) is 0 Å². The van der Waals surface area contributed by atoms with Crippen molar-refractivity contribution in [1.82, 2.24) is 0 Å². The van der Waals surface area contributed by atoms with Crippen molar-refractivity contribution in [2.75, 3.05) is 5.73 Å². The van der Waals surface area contributed by atoms with Crippen molar-refractivity contribution in [3.63, 3.8) is 0 Å². The van der Waals surface area contributed by atoms with Crippen molar-refractivity contribution in [2.45, 2.75) is 6.18 Å². The maximum atomic E-state index is 12.7. The Hall–Kier alpha value is -1.53. The second-order valence-corrected chi connectivity index (χ2v) is 5.52. The Morgan fingerprint density at radius 1 is 1.10 bits per heavy atom. The van der Waals surface area contributed by atoms with E-state index in [-0.39, 0.29) is 20.6 Å². The molecule has 0 saturated heterocycles. The lowest BCUT2D eigenvalue weighted by Gasteiger charge is -2.11. The molecule has 0 radical (unpaired) electrons. The van der Waals surface area contributed by atoms with Gasteiger partial charge in [-0.05, 0) is 36.4 Å².